The summed E-state index contributed by atoms with van der Waals surface area (Å²) in [5.74, 6) is 0. The molecule has 0 saturated carbocycles. The summed E-state index contributed by atoms with van der Waals surface area (Å²) in [5, 5.41) is 8.00. The largest absolute Gasteiger partial charge is 0.308 e. The molecule has 0 aliphatic heterocycles. The Morgan fingerprint density at radius 3 is 2.39 bits per heavy atom. The van der Waals surface area contributed by atoms with E-state index in [0.29, 0.717) is 12.1 Å². The first-order valence-corrected chi connectivity index (χ1v) is 6.45. The summed E-state index contributed by atoms with van der Waals surface area (Å²) in [6, 6.07) is 11.0. The van der Waals surface area contributed by atoms with Crippen molar-refractivity contribution in [2.75, 3.05) is 0 Å². The molecule has 1 N–H and O–H groups in total. The normalized spacial score (nSPS) is 12.9. The van der Waals surface area contributed by atoms with Crippen LogP contribution in [0, 0.1) is 6.92 Å². The molecule has 2 aromatic rings. The minimum Gasteiger partial charge on any atom is -0.308 e. The third-order valence-corrected chi connectivity index (χ3v) is 3.10. The number of hydrogen-bond acceptors (Lipinski definition) is 2. The Labute approximate surface area is 109 Å². The molecule has 18 heavy (non-hydrogen) atoms. The second-order valence-electron chi connectivity index (χ2n) is 4.98. The molecule has 0 saturated heterocycles. The summed E-state index contributed by atoms with van der Waals surface area (Å²) in [4.78, 5) is 0. The van der Waals surface area contributed by atoms with Gasteiger partial charge in [0.2, 0.25) is 0 Å². The maximum Gasteiger partial charge on any atom is 0.0648 e. The van der Waals surface area contributed by atoms with Crippen LogP contribution in [0.25, 0.3) is 5.69 Å². The molecule has 0 spiro atoms. The highest BCUT2D eigenvalue weighted by molar-refractivity contribution is 5.35. The Bertz CT molecular complexity index is 500. The van der Waals surface area contributed by atoms with Gasteiger partial charge in [0, 0.05) is 23.3 Å². The van der Waals surface area contributed by atoms with Gasteiger partial charge >= 0.3 is 0 Å². The van der Waals surface area contributed by atoms with Crippen molar-refractivity contribution in [3.63, 3.8) is 0 Å². The van der Waals surface area contributed by atoms with Gasteiger partial charge in [0.15, 0.2) is 0 Å². The van der Waals surface area contributed by atoms with Gasteiger partial charge < -0.3 is 5.32 Å². The van der Waals surface area contributed by atoms with Gasteiger partial charge in [-0.25, -0.2) is 4.68 Å². The van der Waals surface area contributed by atoms with Crippen LogP contribution in [-0.4, -0.2) is 15.8 Å². The van der Waals surface area contributed by atoms with E-state index in [1.54, 1.807) is 0 Å². The molecule has 2 rings (SSSR count). The van der Waals surface area contributed by atoms with Crippen molar-refractivity contribution in [3.05, 3.63) is 47.8 Å². The van der Waals surface area contributed by atoms with Crippen LogP contribution in [0.15, 0.2) is 36.5 Å². The van der Waals surface area contributed by atoms with Crippen LogP contribution in [0.2, 0.25) is 0 Å². The van der Waals surface area contributed by atoms with E-state index in [9.17, 15) is 0 Å². The van der Waals surface area contributed by atoms with E-state index >= 15 is 0 Å². The highest BCUT2D eigenvalue weighted by Crippen LogP contribution is 2.20. The van der Waals surface area contributed by atoms with E-state index in [2.05, 4.69) is 50.2 Å². The number of aromatic nitrogens is 2. The van der Waals surface area contributed by atoms with Gasteiger partial charge in [0.05, 0.1) is 11.9 Å². The molecular formula is C15H21N3. The first kappa shape index (κ1) is 12.8. The molecule has 96 valence electrons. The van der Waals surface area contributed by atoms with Crippen LogP contribution in [0.5, 0.6) is 0 Å². The summed E-state index contributed by atoms with van der Waals surface area (Å²) in [7, 11) is 0. The van der Waals surface area contributed by atoms with E-state index in [4.69, 9.17) is 0 Å². The van der Waals surface area contributed by atoms with Crippen molar-refractivity contribution >= 4 is 0 Å². The van der Waals surface area contributed by atoms with E-state index in [1.807, 2.05) is 29.1 Å². The molecule has 1 unspecified atom stereocenters. The van der Waals surface area contributed by atoms with E-state index < -0.39 is 0 Å². The predicted octanol–water partition coefficient (Wildman–Crippen LogP) is 3.24. The van der Waals surface area contributed by atoms with Crippen LogP contribution >= 0.6 is 0 Å². The SMILES string of the molecule is Cc1c(C(C)NC(C)C)cnn1-c1ccccc1. The van der Waals surface area contributed by atoms with Crippen LogP contribution in [0.1, 0.15) is 38.1 Å². The van der Waals surface area contributed by atoms with Gasteiger partial charge in [-0.2, -0.15) is 5.10 Å². The molecule has 3 nitrogen and oxygen atoms in total. The average molecular weight is 243 g/mol. The van der Waals surface area contributed by atoms with E-state index in [-0.39, 0.29) is 0 Å². The van der Waals surface area contributed by atoms with Crippen LogP contribution in [0.4, 0.5) is 0 Å². The fourth-order valence-electron chi connectivity index (χ4n) is 2.27. The molecule has 0 aliphatic rings. The van der Waals surface area contributed by atoms with Gasteiger partial charge in [0.25, 0.3) is 0 Å². The molecule has 0 fully saturated rings. The fraction of sp³-hybridized carbons (Fsp3) is 0.400. The highest BCUT2D eigenvalue weighted by Gasteiger charge is 2.14. The molecule has 0 amide bonds. The number of nitrogens with zero attached hydrogens (tertiary/aromatic N) is 2. The quantitative estimate of drug-likeness (QED) is 0.893. The van der Waals surface area contributed by atoms with Crippen molar-refractivity contribution < 1.29 is 0 Å². The zero-order valence-electron chi connectivity index (χ0n) is 11.5. The lowest BCUT2D eigenvalue weighted by molar-refractivity contribution is 0.504. The van der Waals surface area contributed by atoms with Gasteiger partial charge in [-0.05, 0) is 26.0 Å². The zero-order chi connectivity index (χ0) is 13.1. The third kappa shape index (κ3) is 2.62. The van der Waals surface area contributed by atoms with Crippen molar-refractivity contribution in [1.29, 1.82) is 0 Å². The smallest absolute Gasteiger partial charge is 0.0648 e. The van der Waals surface area contributed by atoms with E-state index in [0.717, 1.165) is 5.69 Å². The molecule has 3 heteroatoms. The summed E-state index contributed by atoms with van der Waals surface area (Å²) < 4.78 is 1.99. The van der Waals surface area contributed by atoms with E-state index in [1.165, 1.54) is 11.3 Å². The fourth-order valence-corrected chi connectivity index (χ4v) is 2.27. The Morgan fingerprint density at radius 2 is 1.78 bits per heavy atom. The molecule has 1 aromatic carbocycles. The minimum atomic E-state index is 0.322. The second-order valence-corrected chi connectivity index (χ2v) is 4.98. The number of para-hydroxylation sites is 1. The van der Waals surface area contributed by atoms with Crippen LogP contribution < -0.4 is 5.32 Å². The first-order valence-electron chi connectivity index (χ1n) is 6.45. The summed E-state index contributed by atoms with van der Waals surface area (Å²) in [6.07, 6.45) is 1.96. The lowest BCUT2D eigenvalue weighted by Crippen LogP contribution is -2.26. The summed E-state index contributed by atoms with van der Waals surface area (Å²) in [6.45, 7) is 8.62. The van der Waals surface area contributed by atoms with Gasteiger partial charge in [0.1, 0.15) is 0 Å². The first-order chi connectivity index (χ1) is 8.59. The number of rotatable bonds is 4. The zero-order valence-corrected chi connectivity index (χ0v) is 11.5. The second kappa shape index (κ2) is 5.36. The predicted molar refractivity (Wildman–Crippen MR) is 75.0 cm³/mol. The molecule has 0 radical (unpaired) electrons. The average Bonchev–Trinajstić information content (AvgIpc) is 2.71. The van der Waals surface area contributed by atoms with Crippen molar-refractivity contribution in [2.45, 2.75) is 39.8 Å². The van der Waals surface area contributed by atoms with Crippen LogP contribution in [-0.2, 0) is 0 Å². The molecule has 1 atom stereocenters. The maximum absolute atomic E-state index is 4.49. The number of nitrogens with one attached hydrogen (secondary N) is 1. The summed E-state index contributed by atoms with van der Waals surface area (Å²) >= 11 is 0. The standard InChI is InChI=1S/C15H21N3/c1-11(2)17-12(3)15-10-16-18(13(15)4)14-8-6-5-7-9-14/h5-12,17H,1-4H3. The molecule has 1 aromatic heterocycles. The monoisotopic (exact) mass is 243 g/mol. The van der Waals surface area contributed by atoms with Gasteiger partial charge in [-0.1, -0.05) is 32.0 Å². The minimum absolute atomic E-state index is 0.322. The molecular weight excluding hydrogens is 222 g/mol. The highest BCUT2D eigenvalue weighted by atomic mass is 15.3. The topological polar surface area (TPSA) is 29.9 Å². The van der Waals surface area contributed by atoms with Crippen molar-refractivity contribution in [3.8, 4) is 5.69 Å². The number of benzene rings is 1. The maximum atomic E-state index is 4.49. The Balaban J connectivity index is 2.29. The Hall–Kier alpha value is -1.61. The van der Waals surface area contributed by atoms with Gasteiger partial charge in [-0.3, -0.25) is 0 Å². The van der Waals surface area contributed by atoms with Crippen molar-refractivity contribution in [1.82, 2.24) is 15.1 Å². The Kier molecular flexibility index (Phi) is 3.82. The lowest BCUT2D eigenvalue weighted by Gasteiger charge is -2.16. The van der Waals surface area contributed by atoms with Crippen LogP contribution in [0.3, 0.4) is 0 Å². The van der Waals surface area contributed by atoms with Crippen molar-refractivity contribution in [2.24, 2.45) is 0 Å². The molecule has 1 heterocycles. The number of hydrogen-bond donors (Lipinski definition) is 1. The Morgan fingerprint density at radius 1 is 1.11 bits per heavy atom. The lowest BCUT2D eigenvalue weighted by atomic mass is 10.1. The molecule has 0 bridgehead atoms. The summed E-state index contributed by atoms with van der Waals surface area (Å²) in [5.41, 5.74) is 3.56. The molecule has 0 aliphatic carbocycles. The van der Waals surface area contributed by atoms with Gasteiger partial charge in [-0.15, -0.1) is 0 Å². The third-order valence-electron chi connectivity index (χ3n) is 3.10.